The van der Waals surface area contributed by atoms with Gasteiger partial charge in [0.2, 0.25) is 0 Å². The maximum Gasteiger partial charge on any atom is 0.186 e. The summed E-state index contributed by atoms with van der Waals surface area (Å²) in [5.41, 5.74) is 9.14. The Kier molecular flexibility index (Phi) is 2.83. The quantitative estimate of drug-likeness (QED) is 0.555. The smallest absolute Gasteiger partial charge is 0.186 e. The maximum atomic E-state index is 6.03. The van der Waals surface area contributed by atoms with Gasteiger partial charge >= 0.3 is 0 Å². The molecule has 0 atom stereocenters. The third-order valence-corrected chi connectivity index (χ3v) is 5.48. The van der Waals surface area contributed by atoms with E-state index in [1.807, 2.05) is 12.1 Å². The normalized spacial score (nSPS) is 11.3. The van der Waals surface area contributed by atoms with E-state index in [9.17, 15) is 0 Å². The van der Waals surface area contributed by atoms with Gasteiger partial charge in [0, 0.05) is 9.40 Å². The lowest BCUT2D eigenvalue weighted by Gasteiger charge is -2.02. The van der Waals surface area contributed by atoms with E-state index in [2.05, 4.69) is 41.7 Å². The Labute approximate surface area is 129 Å². The molecule has 1 aromatic carbocycles. The van der Waals surface area contributed by atoms with E-state index in [-0.39, 0.29) is 0 Å². The van der Waals surface area contributed by atoms with Crippen molar-refractivity contribution < 1.29 is 4.52 Å². The number of hydrogen-bond donors (Lipinski definition) is 1. The zero-order valence-corrected chi connectivity index (χ0v) is 12.9. The van der Waals surface area contributed by atoms with E-state index in [0.717, 1.165) is 21.8 Å². The highest BCUT2D eigenvalue weighted by Gasteiger charge is 2.19. The molecule has 0 aliphatic rings. The zero-order valence-electron chi connectivity index (χ0n) is 11.3. The Balaban J connectivity index is 1.92. The van der Waals surface area contributed by atoms with Crippen LogP contribution in [0.5, 0.6) is 0 Å². The first-order valence-electron chi connectivity index (χ1n) is 6.52. The molecule has 0 bridgehead atoms. The lowest BCUT2D eigenvalue weighted by molar-refractivity contribution is 0.437. The number of hydrogen-bond acceptors (Lipinski definition) is 5. The van der Waals surface area contributed by atoms with E-state index in [1.165, 1.54) is 15.0 Å². The molecular weight excluding hydrogens is 300 g/mol. The van der Waals surface area contributed by atoms with Crippen LogP contribution in [0, 0.1) is 6.92 Å². The number of rotatable bonds is 2. The van der Waals surface area contributed by atoms with Crippen molar-refractivity contribution in [2.75, 3.05) is 5.73 Å². The number of nitrogens with zero attached hydrogens (tertiary/aromatic N) is 1. The van der Waals surface area contributed by atoms with Crippen molar-refractivity contribution >= 4 is 37.9 Å². The van der Waals surface area contributed by atoms with Crippen LogP contribution < -0.4 is 5.73 Å². The van der Waals surface area contributed by atoms with Crippen molar-refractivity contribution in [3.8, 4) is 21.8 Å². The zero-order chi connectivity index (χ0) is 14.4. The van der Waals surface area contributed by atoms with Gasteiger partial charge < -0.3 is 10.3 Å². The molecule has 0 saturated carbocycles. The number of aromatic nitrogens is 1. The monoisotopic (exact) mass is 312 g/mol. The summed E-state index contributed by atoms with van der Waals surface area (Å²) in [6.07, 6.45) is 0. The lowest BCUT2D eigenvalue weighted by Crippen LogP contribution is -1.88. The highest BCUT2D eigenvalue weighted by atomic mass is 32.1. The van der Waals surface area contributed by atoms with Gasteiger partial charge in [-0.1, -0.05) is 35.0 Å². The molecule has 4 rings (SSSR count). The second kappa shape index (κ2) is 4.72. The van der Waals surface area contributed by atoms with E-state index in [0.29, 0.717) is 5.82 Å². The van der Waals surface area contributed by atoms with Gasteiger partial charge in [-0.25, -0.2) is 0 Å². The van der Waals surface area contributed by atoms with Crippen LogP contribution >= 0.6 is 22.7 Å². The first kappa shape index (κ1) is 12.6. The largest absolute Gasteiger partial charge is 0.380 e. The van der Waals surface area contributed by atoms with Crippen LogP contribution in [0.1, 0.15) is 5.56 Å². The minimum absolute atomic E-state index is 0.437. The minimum Gasteiger partial charge on any atom is -0.380 e. The van der Waals surface area contributed by atoms with Crippen molar-refractivity contribution in [1.29, 1.82) is 0 Å². The molecule has 2 N–H and O–H groups in total. The molecule has 3 heterocycles. The van der Waals surface area contributed by atoms with Crippen LogP contribution in [0.25, 0.3) is 31.2 Å². The van der Waals surface area contributed by atoms with Gasteiger partial charge in [-0.15, -0.1) is 22.7 Å². The fourth-order valence-corrected chi connectivity index (χ4v) is 4.52. The third-order valence-electron chi connectivity index (χ3n) is 3.39. The van der Waals surface area contributed by atoms with Crippen LogP contribution in [-0.4, -0.2) is 5.16 Å². The summed E-state index contributed by atoms with van der Waals surface area (Å²) in [7, 11) is 0. The fraction of sp³-hybridized carbons (Fsp3) is 0.0625. The molecule has 0 unspecified atom stereocenters. The van der Waals surface area contributed by atoms with Crippen LogP contribution in [0.15, 0.2) is 46.3 Å². The molecule has 3 aromatic heterocycles. The Morgan fingerprint density at radius 1 is 1.14 bits per heavy atom. The van der Waals surface area contributed by atoms with Gasteiger partial charge in [0.05, 0.1) is 10.4 Å². The average molecular weight is 312 g/mol. The number of aryl methyl sites for hydroxylation is 1. The number of fused-ring (bicyclic) bond motifs is 1. The summed E-state index contributed by atoms with van der Waals surface area (Å²) < 4.78 is 8.04. The highest BCUT2D eigenvalue weighted by molar-refractivity contribution is 7.28. The van der Waals surface area contributed by atoms with E-state index < -0.39 is 0 Å². The number of nitrogens with two attached hydrogens (primary N) is 1. The topological polar surface area (TPSA) is 52.0 Å². The molecule has 104 valence electrons. The van der Waals surface area contributed by atoms with Crippen molar-refractivity contribution in [1.82, 2.24) is 5.16 Å². The molecule has 4 aromatic rings. The Morgan fingerprint density at radius 3 is 2.86 bits per heavy atom. The highest BCUT2D eigenvalue weighted by Crippen LogP contribution is 2.42. The molecule has 0 spiro atoms. The van der Waals surface area contributed by atoms with Crippen molar-refractivity contribution in [3.63, 3.8) is 0 Å². The Hall–Kier alpha value is -2.11. The molecule has 0 aliphatic heterocycles. The van der Waals surface area contributed by atoms with E-state index in [1.54, 1.807) is 22.7 Å². The molecule has 0 fully saturated rings. The summed E-state index contributed by atoms with van der Waals surface area (Å²) in [6, 6.07) is 12.5. The standard InChI is InChI=1S/C16H12N2OS2/c1-9-3-2-4-10(7-9)14-15(19-18-16(14)17)13-8-12-11(21-13)5-6-20-12/h2-8H,1H3,(H2,17,18). The first-order chi connectivity index (χ1) is 10.2. The van der Waals surface area contributed by atoms with Crippen LogP contribution in [0.4, 0.5) is 5.82 Å². The minimum atomic E-state index is 0.437. The summed E-state index contributed by atoms with van der Waals surface area (Å²) >= 11 is 3.44. The molecular formula is C16H12N2OS2. The van der Waals surface area contributed by atoms with E-state index >= 15 is 0 Å². The maximum absolute atomic E-state index is 6.03. The van der Waals surface area contributed by atoms with Gasteiger partial charge in [-0.3, -0.25) is 0 Å². The van der Waals surface area contributed by atoms with Gasteiger partial charge in [-0.05, 0) is 30.0 Å². The Morgan fingerprint density at radius 2 is 2.05 bits per heavy atom. The van der Waals surface area contributed by atoms with Gasteiger partial charge in [-0.2, -0.15) is 0 Å². The Bertz CT molecular complexity index is 904. The van der Waals surface area contributed by atoms with Crippen molar-refractivity contribution in [2.24, 2.45) is 0 Å². The second-order valence-electron chi connectivity index (χ2n) is 4.90. The third kappa shape index (κ3) is 2.05. The first-order valence-corrected chi connectivity index (χ1v) is 8.21. The molecule has 0 radical (unpaired) electrons. The predicted octanol–water partition coefficient (Wildman–Crippen LogP) is 5.18. The number of benzene rings is 1. The predicted molar refractivity (Wildman–Crippen MR) is 89.8 cm³/mol. The van der Waals surface area contributed by atoms with Gasteiger partial charge in [0.15, 0.2) is 11.6 Å². The van der Waals surface area contributed by atoms with Gasteiger partial charge in [0.25, 0.3) is 0 Å². The molecule has 0 aliphatic carbocycles. The lowest BCUT2D eigenvalue weighted by atomic mass is 10.0. The molecule has 0 amide bonds. The van der Waals surface area contributed by atoms with Crippen LogP contribution in [0.3, 0.4) is 0 Å². The van der Waals surface area contributed by atoms with Crippen LogP contribution in [-0.2, 0) is 0 Å². The van der Waals surface area contributed by atoms with Crippen molar-refractivity contribution in [3.05, 3.63) is 47.3 Å². The SMILES string of the molecule is Cc1cccc(-c2c(N)noc2-c2cc3sccc3s2)c1. The summed E-state index contributed by atoms with van der Waals surface area (Å²) in [6.45, 7) is 2.06. The molecule has 3 nitrogen and oxygen atoms in total. The average Bonchev–Trinajstić information content (AvgIpc) is 3.11. The van der Waals surface area contributed by atoms with Gasteiger partial charge in [0.1, 0.15) is 0 Å². The molecule has 21 heavy (non-hydrogen) atoms. The summed E-state index contributed by atoms with van der Waals surface area (Å²) in [5, 5.41) is 6.06. The number of anilines is 1. The second-order valence-corrected chi connectivity index (χ2v) is 6.93. The molecule has 5 heteroatoms. The summed E-state index contributed by atoms with van der Waals surface area (Å²) in [4.78, 5) is 1.07. The van der Waals surface area contributed by atoms with Crippen molar-refractivity contribution in [2.45, 2.75) is 6.92 Å². The molecule has 0 saturated heterocycles. The number of nitrogen functional groups attached to an aromatic ring is 1. The fourth-order valence-electron chi connectivity index (χ4n) is 2.43. The van der Waals surface area contributed by atoms with Crippen LogP contribution in [0.2, 0.25) is 0 Å². The van der Waals surface area contributed by atoms with E-state index in [4.69, 9.17) is 10.3 Å². The number of thiophene rings is 2. The summed E-state index contributed by atoms with van der Waals surface area (Å²) in [5.74, 6) is 1.19.